The predicted molar refractivity (Wildman–Crippen MR) is 61.6 cm³/mol. The van der Waals surface area contributed by atoms with Gasteiger partial charge in [-0.2, -0.15) is 0 Å². The molecule has 0 saturated carbocycles. The second-order valence-corrected chi connectivity index (χ2v) is 2.86. The molecule has 1 aromatic rings. The first-order valence-corrected chi connectivity index (χ1v) is 4.67. The van der Waals surface area contributed by atoms with Gasteiger partial charge in [-0.05, 0) is 12.1 Å². The minimum Gasteiger partial charge on any atom is -0.497 e. The van der Waals surface area contributed by atoms with E-state index in [2.05, 4.69) is 5.73 Å². The van der Waals surface area contributed by atoms with Gasteiger partial charge in [-0.1, -0.05) is 0 Å². The fourth-order valence-corrected chi connectivity index (χ4v) is 0.897. The highest BCUT2D eigenvalue weighted by Crippen LogP contribution is 2.21. The number of ether oxygens (including phenoxy) is 2. The number of rotatable bonds is 4. The molecule has 6 nitrogen and oxygen atoms in total. The maximum atomic E-state index is 10.4. The fourth-order valence-electron chi connectivity index (χ4n) is 0.897. The van der Waals surface area contributed by atoms with Gasteiger partial charge in [-0.15, -0.1) is 0 Å². The first-order valence-electron chi connectivity index (χ1n) is 4.67. The van der Waals surface area contributed by atoms with E-state index in [-0.39, 0.29) is 6.54 Å². The molecule has 94 valence electrons. The number of methoxy groups -OCH3 is 2. The highest BCUT2D eigenvalue weighted by atomic mass is 16.5. The van der Waals surface area contributed by atoms with Crippen LogP contribution in [-0.4, -0.2) is 38.1 Å². The fraction of sp³-hybridized carbons (Fsp3) is 0.273. The molecule has 0 atom stereocenters. The third kappa shape index (κ3) is 6.16. The average molecular weight is 241 g/mol. The van der Waals surface area contributed by atoms with Crippen molar-refractivity contribution in [3.8, 4) is 11.5 Å². The van der Waals surface area contributed by atoms with Crippen LogP contribution in [0.5, 0.6) is 11.5 Å². The van der Waals surface area contributed by atoms with Gasteiger partial charge in [-0.3, -0.25) is 9.59 Å². The van der Waals surface area contributed by atoms with Crippen molar-refractivity contribution in [3.63, 3.8) is 0 Å². The van der Waals surface area contributed by atoms with Crippen LogP contribution in [0.25, 0.3) is 0 Å². The first-order chi connectivity index (χ1) is 8.07. The Hall–Kier alpha value is -2.08. The Balaban J connectivity index is 0.000000437. The van der Waals surface area contributed by atoms with E-state index in [1.165, 1.54) is 0 Å². The molecule has 17 heavy (non-hydrogen) atoms. The third-order valence-electron chi connectivity index (χ3n) is 1.68. The predicted octanol–water partition coefficient (Wildman–Crippen LogP) is 0.546. The van der Waals surface area contributed by atoms with Crippen LogP contribution in [0.1, 0.15) is 10.4 Å². The molecular weight excluding hydrogens is 226 g/mol. The van der Waals surface area contributed by atoms with Crippen LogP contribution in [0.4, 0.5) is 0 Å². The van der Waals surface area contributed by atoms with E-state index in [1.54, 1.807) is 32.4 Å². The van der Waals surface area contributed by atoms with Crippen molar-refractivity contribution >= 4 is 12.3 Å². The second kappa shape index (κ2) is 8.12. The summed E-state index contributed by atoms with van der Waals surface area (Å²) in [5, 5.41) is 7.60. The van der Waals surface area contributed by atoms with E-state index < -0.39 is 5.97 Å². The van der Waals surface area contributed by atoms with E-state index in [0.717, 1.165) is 6.29 Å². The minimum absolute atomic E-state index is 0.278. The number of carbonyl (C=O) groups is 2. The number of hydrogen-bond donors (Lipinski definition) is 2. The minimum atomic E-state index is -0.968. The Labute approximate surface area is 98.9 Å². The lowest BCUT2D eigenvalue weighted by atomic mass is 10.2. The maximum absolute atomic E-state index is 10.4. The van der Waals surface area contributed by atoms with Crippen LogP contribution in [0.15, 0.2) is 18.2 Å². The number of hydrogen-bond acceptors (Lipinski definition) is 5. The molecule has 0 aliphatic heterocycles. The van der Waals surface area contributed by atoms with Gasteiger partial charge in [0, 0.05) is 11.6 Å². The van der Waals surface area contributed by atoms with Crippen LogP contribution < -0.4 is 15.2 Å². The molecule has 0 radical (unpaired) electrons. The summed E-state index contributed by atoms with van der Waals surface area (Å²) in [6.07, 6.45) is 0.755. The molecular formula is C11H15NO5. The number of aldehydes is 1. The van der Waals surface area contributed by atoms with Gasteiger partial charge in [0.1, 0.15) is 17.8 Å². The number of aliphatic carboxylic acids is 1. The van der Waals surface area contributed by atoms with Crippen molar-refractivity contribution in [2.45, 2.75) is 0 Å². The summed E-state index contributed by atoms with van der Waals surface area (Å²) in [7, 11) is 3.09. The molecule has 0 heterocycles. The smallest absolute Gasteiger partial charge is 0.317 e. The molecule has 0 saturated heterocycles. The molecule has 0 bridgehead atoms. The molecule has 0 amide bonds. The lowest BCUT2D eigenvalue weighted by molar-refractivity contribution is -0.135. The van der Waals surface area contributed by atoms with Crippen molar-refractivity contribution < 1.29 is 24.2 Å². The van der Waals surface area contributed by atoms with Crippen LogP contribution in [0, 0.1) is 0 Å². The molecule has 0 unspecified atom stereocenters. The lowest BCUT2D eigenvalue weighted by Crippen LogP contribution is -2.10. The number of carboxylic acids is 1. The van der Waals surface area contributed by atoms with Crippen LogP contribution in [-0.2, 0) is 4.79 Å². The standard InChI is InChI=1S/C9H10O3.C2H5NO2/c1-11-8-3-7(6-10)4-9(5-8)12-2;3-1-2(4)5/h3-6H,1-2H3;1,3H2,(H,4,5). The van der Waals surface area contributed by atoms with Crippen LogP contribution in [0.3, 0.4) is 0 Å². The van der Waals surface area contributed by atoms with E-state index >= 15 is 0 Å². The summed E-state index contributed by atoms with van der Waals surface area (Å²) in [6.45, 7) is -0.278. The Bertz CT molecular complexity index is 356. The van der Waals surface area contributed by atoms with Gasteiger partial charge >= 0.3 is 5.97 Å². The zero-order valence-electron chi connectivity index (χ0n) is 9.67. The topological polar surface area (TPSA) is 98.9 Å². The molecule has 1 aromatic carbocycles. The van der Waals surface area contributed by atoms with Crippen LogP contribution >= 0.6 is 0 Å². The summed E-state index contributed by atoms with van der Waals surface area (Å²) in [5.41, 5.74) is 5.12. The lowest BCUT2D eigenvalue weighted by Gasteiger charge is -2.04. The zero-order chi connectivity index (χ0) is 13.3. The number of carboxylic acid groups (broad SMARTS) is 1. The maximum Gasteiger partial charge on any atom is 0.317 e. The van der Waals surface area contributed by atoms with Gasteiger partial charge in [0.2, 0.25) is 0 Å². The van der Waals surface area contributed by atoms with Gasteiger partial charge in [0.25, 0.3) is 0 Å². The molecule has 0 fully saturated rings. The van der Waals surface area contributed by atoms with Gasteiger partial charge in [-0.25, -0.2) is 0 Å². The summed E-state index contributed by atoms with van der Waals surface area (Å²) in [6, 6.07) is 5.01. The number of benzene rings is 1. The van der Waals surface area contributed by atoms with Crippen molar-refractivity contribution in [1.29, 1.82) is 0 Å². The van der Waals surface area contributed by atoms with Crippen molar-refractivity contribution in [3.05, 3.63) is 23.8 Å². The normalized spacial score (nSPS) is 8.65. The monoisotopic (exact) mass is 241 g/mol. The van der Waals surface area contributed by atoms with Gasteiger partial charge in [0.05, 0.1) is 20.8 Å². The third-order valence-corrected chi connectivity index (χ3v) is 1.68. The molecule has 1 rings (SSSR count). The van der Waals surface area contributed by atoms with Crippen molar-refractivity contribution in [1.82, 2.24) is 0 Å². The van der Waals surface area contributed by atoms with E-state index in [1.807, 2.05) is 0 Å². The largest absolute Gasteiger partial charge is 0.497 e. The summed E-state index contributed by atoms with van der Waals surface area (Å²) >= 11 is 0. The Morgan fingerprint density at radius 2 is 1.71 bits per heavy atom. The Kier molecular flexibility index (Phi) is 7.12. The Morgan fingerprint density at radius 1 is 1.29 bits per heavy atom. The van der Waals surface area contributed by atoms with Crippen molar-refractivity contribution in [2.75, 3.05) is 20.8 Å². The SMILES string of the molecule is COc1cc(C=O)cc(OC)c1.NCC(=O)O. The van der Waals surface area contributed by atoms with Gasteiger partial charge < -0.3 is 20.3 Å². The van der Waals surface area contributed by atoms with E-state index in [4.69, 9.17) is 14.6 Å². The number of nitrogens with two attached hydrogens (primary N) is 1. The second-order valence-electron chi connectivity index (χ2n) is 2.86. The van der Waals surface area contributed by atoms with E-state index in [0.29, 0.717) is 17.1 Å². The van der Waals surface area contributed by atoms with Gasteiger partial charge in [0.15, 0.2) is 0 Å². The molecule has 0 aromatic heterocycles. The zero-order valence-corrected chi connectivity index (χ0v) is 9.67. The van der Waals surface area contributed by atoms with Crippen LogP contribution in [0.2, 0.25) is 0 Å². The molecule has 6 heteroatoms. The molecule has 3 N–H and O–H groups in total. The Morgan fingerprint density at radius 3 is 1.94 bits per heavy atom. The summed E-state index contributed by atoms with van der Waals surface area (Å²) in [5.74, 6) is 0.276. The molecule has 0 aliphatic carbocycles. The van der Waals surface area contributed by atoms with E-state index in [9.17, 15) is 9.59 Å². The summed E-state index contributed by atoms with van der Waals surface area (Å²) in [4.78, 5) is 19.7. The first kappa shape index (κ1) is 14.9. The van der Waals surface area contributed by atoms with Crippen molar-refractivity contribution in [2.24, 2.45) is 5.73 Å². The number of carbonyl (C=O) groups excluding carboxylic acids is 1. The quantitative estimate of drug-likeness (QED) is 0.747. The average Bonchev–Trinajstić information content (AvgIpc) is 2.38. The highest BCUT2D eigenvalue weighted by molar-refractivity contribution is 5.76. The highest BCUT2D eigenvalue weighted by Gasteiger charge is 1.99. The molecule has 0 aliphatic rings. The summed E-state index contributed by atoms with van der Waals surface area (Å²) < 4.78 is 9.92. The molecule has 0 spiro atoms.